The molecule has 2 heterocycles. The summed E-state index contributed by atoms with van der Waals surface area (Å²) >= 11 is 2.64. The van der Waals surface area contributed by atoms with Crippen molar-refractivity contribution in [2.45, 2.75) is 17.7 Å². The van der Waals surface area contributed by atoms with Crippen molar-refractivity contribution in [1.82, 2.24) is 10.2 Å². The van der Waals surface area contributed by atoms with Gasteiger partial charge in [-0.2, -0.15) is 0 Å². The van der Waals surface area contributed by atoms with Crippen LogP contribution in [0.2, 0.25) is 0 Å². The maximum absolute atomic E-state index is 12.4. The van der Waals surface area contributed by atoms with Gasteiger partial charge >= 0.3 is 0 Å². The number of hydrogen-bond acceptors (Lipinski definition) is 7. The standard InChI is InChI=1S/C16H18N4O3S2/c1-10-2-4-12(5-3-10)20-9-11(8-13(20)22)14(23)17-15-18-19-16(25-15)24-7-6-21/h2-5,11,21H,6-9H2,1H3,(H,17,18,23)/t11-/m1/s1. The summed E-state index contributed by atoms with van der Waals surface area (Å²) in [4.78, 5) is 26.3. The summed E-state index contributed by atoms with van der Waals surface area (Å²) in [5.41, 5.74) is 1.93. The number of nitrogens with one attached hydrogen (secondary N) is 1. The summed E-state index contributed by atoms with van der Waals surface area (Å²) in [5.74, 6) is -0.157. The molecule has 1 aromatic carbocycles. The third-order valence-corrected chi connectivity index (χ3v) is 5.75. The first kappa shape index (κ1) is 17.8. The normalized spacial score (nSPS) is 17.1. The van der Waals surface area contributed by atoms with Gasteiger partial charge in [-0.15, -0.1) is 10.2 Å². The van der Waals surface area contributed by atoms with Crippen molar-refractivity contribution in [1.29, 1.82) is 0 Å². The molecule has 3 rings (SSSR count). The summed E-state index contributed by atoms with van der Waals surface area (Å²) in [7, 11) is 0. The number of carbonyl (C=O) groups is 2. The Morgan fingerprint density at radius 2 is 2.16 bits per heavy atom. The first-order valence-electron chi connectivity index (χ1n) is 7.82. The van der Waals surface area contributed by atoms with Gasteiger partial charge in [0.25, 0.3) is 0 Å². The van der Waals surface area contributed by atoms with E-state index in [2.05, 4.69) is 15.5 Å². The smallest absolute Gasteiger partial charge is 0.231 e. The maximum Gasteiger partial charge on any atom is 0.231 e. The van der Waals surface area contributed by atoms with Crippen LogP contribution in [0.4, 0.5) is 10.8 Å². The third-order valence-electron chi connectivity index (χ3n) is 3.79. The average molecular weight is 378 g/mol. The first-order valence-corrected chi connectivity index (χ1v) is 9.62. The minimum atomic E-state index is -0.411. The van der Waals surface area contributed by atoms with Crippen LogP contribution in [0.25, 0.3) is 0 Å². The van der Waals surface area contributed by atoms with E-state index in [0.717, 1.165) is 11.3 Å². The van der Waals surface area contributed by atoms with Gasteiger partial charge in [0.1, 0.15) is 0 Å². The number of aromatic nitrogens is 2. The van der Waals surface area contributed by atoms with Crippen molar-refractivity contribution in [2.75, 3.05) is 29.1 Å². The number of aliphatic hydroxyl groups is 1. The predicted molar refractivity (Wildman–Crippen MR) is 98.0 cm³/mol. The Morgan fingerprint density at radius 3 is 2.88 bits per heavy atom. The number of rotatable bonds is 6. The topological polar surface area (TPSA) is 95.4 Å². The van der Waals surface area contributed by atoms with E-state index in [0.29, 0.717) is 21.8 Å². The molecule has 0 unspecified atom stereocenters. The summed E-state index contributed by atoms with van der Waals surface area (Å²) in [6.07, 6.45) is 0.185. The van der Waals surface area contributed by atoms with E-state index in [4.69, 9.17) is 5.11 Å². The summed E-state index contributed by atoms with van der Waals surface area (Å²) in [6, 6.07) is 7.68. The zero-order chi connectivity index (χ0) is 17.8. The Labute approximate surface area is 153 Å². The molecule has 0 spiro atoms. The number of anilines is 2. The van der Waals surface area contributed by atoms with E-state index in [-0.39, 0.29) is 24.8 Å². The number of hydrogen-bond donors (Lipinski definition) is 2. The van der Waals surface area contributed by atoms with Crippen LogP contribution < -0.4 is 10.2 Å². The van der Waals surface area contributed by atoms with E-state index in [1.54, 1.807) is 4.90 Å². The molecule has 1 aliphatic rings. The summed E-state index contributed by atoms with van der Waals surface area (Å²) < 4.78 is 0.688. The number of carbonyl (C=O) groups excluding carboxylic acids is 2. The monoisotopic (exact) mass is 378 g/mol. The Morgan fingerprint density at radius 1 is 1.40 bits per heavy atom. The van der Waals surface area contributed by atoms with Crippen LogP contribution in [-0.2, 0) is 9.59 Å². The largest absolute Gasteiger partial charge is 0.396 e. The molecule has 1 aliphatic heterocycles. The van der Waals surface area contributed by atoms with Gasteiger partial charge in [-0.3, -0.25) is 9.59 Å². The number of thioether (sulfide) groups is 1. The molecule has 2 amide bonds. The van der Waals surface area contributed by atoms with Crippen molar-refractivity contribution in [3.05, 3.63) is 29.8 Å². The Kier molecular flexibility index (Phi) is 5.67. The molecule has 0 bridgehead atoms. The lowest BCUT2D eigenvalue weighted by Gasteiger charge is -2.16. The van der Waals surface area contributed by atoms with E-state index in [9.17, 15) is 9.59 Å². The quantitative estimate of drug-likeness (QED) is 0.589. The maximum atomic E-state index is 12.4. The highest BCUT2D eigenvalue weighted by Crippen LogP contribution is 2.28. The Hall–Kier alpha value is -1.97. The fourth-order valence-corrected chi connectivity index (χ4v) is 4.08. The summed E-state index contributed by atoms with van der Waals surface area (Å²) in [6.45, 7) is 2.41. The van der Waals surface area contributed by atoms with Crippen LogP contribution >= 0.6 is 23.1 Å². The Balaban J connectivity index is 1.60. The van der Waals surface area contributed by atoms with Crippen molar-refractivity contribution in [3.63, 3.8) is 0 Å². The fourth-order valence-electron chi connectivity index (χ4n) is 2.52. The van der Waals surface area contributed by atoms with Crippen molar-refractivity contribution in [3.8, 4) is 0 Å². The van der Waals surface area contributed by atoms with Gasteiger partial charge in [-0.25, -0.2) is 0 Å². The van der Waals surface area contributed by atoms with Crippen LogP contribution in [-0.4, -0.2) is 46.0 Å². The lowest BCUT2D eigenvalue weighted by Crippen LogP contribution is -2.28. The lowest BCUT2D eigenvalue weighted by molar-refractivity contribution is -0.122. The molecule has 1 fully saturated rings. The SMILES string of the molecule is Cc1ccc(N2C[C@H](C(=O)Nc3nnc(SCCO)s3)CC2=O)cc1. The zero-order valence-electron chi connectivity index (χ0n) is 13.6. The van der Waals surface area contributed by atoms with E-state index >= 15 is 0 Å². The number of amides is 2. The van der Waals surface area contributed by atoms with Crippen molar-refractivity contribution in [2.24, 2.45) is 5.92 Å². The number of aryl methyl sites for hydroxylation is 1. The minimum absolute atomic E-state index is 0.0551. The highest BCUT2D eigenvalue weighted by Gasteiger charge is 2.35. The van der Waals surface area contributed by atoms with Gasteiger partial charge in [-0.1, -0.05) is 40.8 Å². The molecule has 2 aromatic rings. The van der Waals surface area contributed by atoms with Crippen LogP contribution in [0, 0.1) is 12.8 Å². The molecule has 2 N–H and O–H groups in total. The highest BCUT2D eigenvalue weighted by atomic mass is 32.2. The van der Waals surface area contributed by atoms with Crippen LogP contribution in [0.15, 0.2) is 28.6 Å². The van der Waals surface area contributed by atoms with Gasteiger partial charge in [0, 0.05) is 24.4 Å². The molecule has 9 heteroatoms. The molecule has 1 saturated heterocycles. The molecule has 0 saturated carbocycles. The molecule has 0 aliphatic carbocycles. The molecule has 132 valence electrons. The van der Waals surface area contributed by atoms with E-state index in [1.807, 2.05) is 31.2 Å². The molecule has 1 atom stereocenters. The Bertz CT molecular complexity index is 763. The van der Waals surface area contributed by atoms with Gasteiger partial charge in [0.05, 0.1) is 12.5 Å². The number of aliphatic hydroxyl groups excluding tert-OH is 1. The van der Waals surface area contributed by atoms with Crippen LogP contribution in [0.3, 0.4) is 0 Å². The van der Waals surface area contributed by atoms with Crippen LogP contribution in [0.5, 0.6) is 0 Å². The van der Waals surface area contributed by atoms with Gasteiger partial charge < -0.3 is 15.3 Å². The second-order valence-electron chi connectivity index (χ2n) is 5.68. The second-order valence-corrected chi connectivity index (χ2v) is 7.99. The number of benzene rings is 1. The second kappa shape index (κ2) is 7.94. The highest BCUT2D eigenvalue weighted by molar-refractivity contribution is 8.01. The van der Waals surface area contributed by atoms with Gasteiger partial charge in [0.2, 0.25) is 16.9 Å². The first-order chi connectivity index (χ1) is 12.1. The third kappa shape index (κ3) is 4.36. The zero-order valence-corrected chi connectivity index (χ0v) is 15.3. The molecule has 25 heavy (non-hydrogen) atoms. The fraction of sp³-hybridized carbons (Fsp3) is 0.375. The number of nitrogens with zero attached hydrogens (tertiary/aromatic N) is 3. The molecule has 0 radical (unpaired) electrons. The predicted octanol–water partition coefficient (Wildman–Crippen LogP) is 1.92. The lowest BCUT2D eigenvalue weighted by atomic mass is 10.1. The van der Waals surface area contributed by atoms with E-state index in [1.165, 1.54) is 23.1 Å². The van der Waals surface area contributed by atoms with Crippen LogP contribution in [0.1, 0.15) is 12.0 Å². The summed E-state index contributed by atoms with van der Waals surface area (Å²) in [5, 5.41) is 19.8. The molecule has 7 nitrogen and oxygen atoms in total. The minimum Gasteiger partial charge on any atom is -0.396 e. The molecule has 1 aromatic heterocycles. The van der Waals surface area contributed by atoms with Gasteiger partial charge in [0.15, 0.2) is 4.34 Å². The average Bonchev–Trinajstić information content (AvgIpc) is 3.20. The van der Waals surface area contributed by atoms with Gasteiger partial charge in [-0.05, 0) is 19.1 Å². The van der Waals surface area contributed by atoms with Crippen molar-refractivity contribution >= 4 is 45.7 Å². The molecular formula is C16H18N4O3S2. The van der Waals surface area contributed by atoms with E-state index < -0.39 is 5.92 Å². The molecular weight excluding hydrogens is 360 g/mol. The van der Waals surface area contributed by atoms with Crippen molar-refractivity contribution < 1.29 is 14.7 Å².